The summed E-state index contributed by atoms with van der Waals surface area (Å²) in [7, 11) is 1.79. The molecule has 0 radical (unpaired) electrons. The summed E-state index contributed by atoms with van der Waals surface area (Å²) in [4.78, 5) is 28.4. The molecule has 0 aliphatic heterocycles. The summed E-state index contributed by atoms with van der Waals surface area (Å²) in [5.74, 6) is 0.884. The number of rotatable bonds is 3. The Morgan fingerprint density at radius 1 is 1.50 bits per heavy atom. The summed E-state index contributed by atoms with van der Waals surface area (Å²) in [6.45, 7) is 4.31. The summed E-state index contributed by atoms with van der Waals surface area (Å²) in [6.07, 6.45) is 5.47. The summed E-state index contributed by atoms with van der Waals surface area (Å²) in [5.41, 5.74) is 0. The van der Waals surface area contributed by atoms with E-state index in [9.17, 15) is 9.59 Å². The Hall–Kier alpha value is -1.45. The van der Waals surface area contributed by atoms with Gasteiger partial charge in [-0.2, -0.15) is 0 Å². The van der Waals surface area contributed by atoms with Gasteiger partial charge in [-0.05, 0) is 24.7 Å². The molecule has 1 fully saturated rings. The second-order valence-electron chi connectivity index (χ2n) is 5.52. The number of carbonyl (C=O) groups is 2. The fraction of sp³-hybridized carbons (Fsp3) is 0.643. The summed E-state index contributed by atoms with van der Waals surface area (Å²) >= 11 is 0. The SMILES string of the molecule is CC(C)C1CCC(=O)C(C(=O)c2nccn2C)C1. The Morgan fingerprint density at radius 3 is 2.78 bits per heavy atom. The first-order valence-corrected chi connectivity index (χ1v) is 6.55. The molecule has 1 heterocycles. The third-order valence-corrected chi connectivity index (χ3v) is 3.99. The average Bonchev–Trinajstić information content (AvgIpc) is 2.75. The van der Waals surface area contributed by atoms with Crippen LogP contribution in [0, 0.1) is 17.8 Å². The maximum atomic E-state index is 12.4. The van der Waals surface area contributed by atoms with Gasteiger partial charge in [0.2, 0.25) is 5.78 Å². The molecule has 4 nitrogen and oxygen atoms in total. The molecule has 0 saturated heterocycles. The predicted octanol–water partition coefficient (Wildman–Crippen LogP) is 2.24. The number of Topliss-reactive ketones (excluding diaryl/α,β-unsaturated/α-hetero) is 2. The van der Waals surface area contributed by atoms with E-state index in [1.807, 2.05) is 0 Å². The molecule has 0 aromatic carbocycles. The highest BCUT2D eigenvalue weighted by molar-refractivity contribution is 6.09. The minimum Gasteiger partial charge on any atom is -0.332 e. The Kier molecular flexibility index (Phi) is 3.64. The maximum absolute atomic E-state index is 12.4. The molecule has 18 heavy (non-hydrogen) atoms. The minimum atomic E-state index is -0.479. The highest BCUT2D eigenvalue weighted by atomic mass is 16.2. The summed E-state index contributed by atoms with van der Waals surface area (Å²) < 4.78 is 1.69. The second-order valence-corrected chi connectivity index (χ2v) is 5.52. The van der Waals surface area contributed by atoms with Crippen molar-refractivity contribution in [3.05, 3.63) is 18.2 Å². The van der Waals surface area contributed by atoms with Crippen molar-refractivity contribution in [3.63, 3.8) is 0 Å². The van der Waals surface area contributed by atoms with Crippen LogP contribution >= 0.6 is 0 Å². The lowest BCUT2D eigenvalue weighted by molar-refractivity contribution is -0.124. The van der Waals surface area contributed by atoms with Crippen LogP contribution in [0.2, 0.25) is 0 Å². The van der Waals surface area contributed by atoms with Gasteiger partial charge < -0.3 is 4.57 Å². The zero-order valence-corrected chi connectivity index (χ0v) is 11.2. The molecule has 2 atom stereocenters. The lowest BCUT2D eigenvalue weighted by Crippen LogP contribution is -2.34. The van der Waals surface area contributed by atoms with Crippen molar-refractivity contribution in [2.75, 3.05) is 0 Å². The van der Waals surface area contributed by atoms with E-state index in [2.05, 4.69) is 18.8 Å². The topological polar surface area (TPSA) is 52.0 Å². The van der Waals surface area contributed by atoms with Crippen molar-refractivity contribution in [1.82, 2.24) is 9.55 Å². The van der Waals surface area contributed by atoms with E-state index in [4.69, 9.17) is 0 Å². The Morgan fingerprint density at radius 2 is 2.22 bits per heavy atom. The van der Waals surface area contributed by atoms with E-state index in [1.54, 1.807) is 24.0 Å². The lowest BCUT2D eigenvalue weighted by atomic mass is 9.74. The van der Waals surface area contributed by atoms with Gasteiger partial charge in [0.05, 0.1) is 5.92 Å². The van der Waals surface area contributed by atoms with E-state index in [0.717, 1.165) is 6.42 Å². The molecule has 2 unspecified atom stereocenters. The van der Waals surface area contributed by atoms with Crippen LogP contribution in [0.3, 0.4) is 0 Å². The monoisotopic (exact) mass is 248 g/mol. The molecule has 0 amide bonds. The fourth-order valence-corrected chi connectivity index (χ4v) is 2.67. The number of aryl methyl sites for hydroxylation is 1. The van der Waals surface area contributed by atoms with E-state index in [0.29, 0.717) is 30.5 Å². The third kappa shape index (κ3) is 2.37. The zero-order chi connectivity index (χ0) is 13.3. The number of hydrogen-bond donors (Lipinski definition) is 0. The van der Waals surface area contributed by atoms with Gasteiger partial charge >= 0.3 is 0 Å². The van der Waals surface area contributed by atoms with Crippen molar-refractivity contribution in [3.8, 4) is 0 Å². The number of carbonyl (C=O) groups excluding carboxylic acids is 2. The molecule has 1 saturated carbocycles. The smallest absolute Gasteiger partial charge is 0.208 e. The first-order chi connectivity index (χ1) is 8.50. The quantitative estimate of drug-likeness (QED) is 0.609. The van der Waals surface area contributed by atoms with Crippen molar-refractivity contribution < 1.29 is 9.59 Å². The molecule has 1 aliphatic carbocycles. The van der Waals surface area contributed by atoms with Crippen LogP contribution in [-0.2, 0) is 11.8 Å². The van der Waals surface area contributed by atoms with Crippen LogP contribution in [0.1, 0.15) is 43.7 Å². The Labute approximate surface area is 107 Å². The number of hydrogen-bond acceptors (Lipinski definition) is 3. The van der Waals surface area contributed by atoms with Gasteiger partial charge in [-0.15, -0.1) is 0 Å². The van der Waals surface area contributed by atoms with Crippen molar-refractivity contribution in [1.29, 1.82) is 0 Å². The van der Waals surface area contributed by atoms with Gasteiger partial charge in [-0.1, -0.05) is 13.8 Å². The highest BCUT2D eigenvalue weighted by Gasteiger charge is 2.36. The summed E-state index contributed by atoms with van der Waals surface area (Å²) in [5, 5.41) is 0. The van der Waals surface area contributed by atoms with Gasteiger partial charge in [0.25, 0.3) is 0 Å². The number of aromatic nitrogens is 2. The van der Waals surface area contributed by atoms with Gasteiger partial charge in [0, 0.05) is 25.9 Å². The van der Waals surface area contributed by atoms with Gasteiger partial charge in [0.1, 0.15) is 5.78 Å². The molecule has 0 bridgehead atoms. The van der Waals surface area contributed by atoms with Gasteiger partial charge in [0.15, 0.2) is 5.82 Å². The first kappa shape index (κ1) is 13.0. The molecule has 2 rings (SSSR count). The molecular weight excluding hydrogens is 228 g/mol. The third-order valence-electron chi connectivity index (χ3n) is 3.99. The van der Waals surface area contributed by atoms with Gasteiger partial charge in [-0.3, -0.25) is 9.59 Å². The van der Waals surface area contributed by atoms with Crippen LogP contribution in [0.4, 0.5) is 0 Å². The largest absolute Gasteiger partial charge is 0.332 e. The van der Waals surface area contributed by atoms with Crippen LogP contribution in [0.15, 0.2) is 12.4 Å². The molecule has 1 aromatic rings. The van der Waals surface area contributed by atoms with Crippen molar-refractivity contribution in [2.24, 2.45) is 24.8 Å². The highest BCUT2D eigenvalue weighted by Crippen LogP contribution is 2.33. The molecule has 1 aliphatic rings. The predicted molar refractivity (Wildman–Crippen MR) is 68.2 cm³/mol. The number of ketones is 2. The van der Waals surface area contributed by atoms with Gasteiger partial charge in [-0.25, -0.2) is 4.98 Å². The number of nitrogens with zero attached hydrogens (tertiary/aromatic N) is 2. The molecule has 1 aromatic heterocycles. The normalized spacial score (nSPS) is 24.6. The minimum absolute atomic E-state index is 0.0832. The zero-order valence-electron chi connectivity index (χ0n) is 11.2. The Bertz CT molecular complexity index is 462. The molecule has 98 valence electrons. The lowest BCUT2D eigenvalue weighted by Gasteiger charge is -2.29. The molecule has 0 spiro atoms. The van der Waals surface area contributed by atoms with Crippen LogP contribution in [0.25, 0.3) is 0 Å². The van der Waals surface area contributed by atoms with Crippen molar-refractivity contribution in [2.45, 2.75) is 33.1 Å². The second kappa shape index (κ2) is 5.04. The maximum Gasteiger partial charge on any atom is 0.208 e. The first-order valence-electron chi connectivity index (χ1n) is 6.55. The standard InChI is InChI=1S/C14H20N2O2/c1-9(2)10-4-5-12(17)11(8-10)13(18)14-15-6-7-16(14)3/h6-7,9-11H,4-5,8H2,1-3H3. The van der Waals surface area contributed by atoms with Crippen LogP contribution in [0.5, 0.6) is 0 Å². The summed E-state index contributed by atoms with van der Waals surface area (Å²) in [6, 6.07) is 0. The van der Waals surface area contributed by atoms with Crippen molar-refractivity contribution >= 4 is 11.6 Å². The number of imidazole rings is 1. The molecule has 4 heteroatoms. The Balaban J connectivity index is 2.18. The fourth-order valence-electron chi connectivity index (χ4n) is 2.67. The van der Waals surface area contributed by atoms with E-state index >= 15 is 0 Å². The molecule has 0 N–H and O–H groups in total. The van der Waals surface area contributed by atoms with E-state index < -0.39 is 5.92 Å². The van der Waals surface area contributed by atoms with E-state index in [-0.39, 0.29) is 11.6 Å². The van der Waals surface area contributed by atoms with Crippen LogP contribution < -0.4 is 0 Å². The van der Waals surface area contributed by atoms with E-state index in [1.165, 1.54) is 0 Å². The van der Waals surface area contributed by atoms with Crippen LogP contribution in [-0.4, -0.2) is 21.1 Å². The molecular formula is C14H20N2O2. The average molecular weight is 248 g/mol.